The van der Waals surface area contributed by atoms with E-state index in [1.54, 1.807) is 11.3 Å². The molecule has 0 bridgehead atoms. The third-order valence-corrected chi connectivity index (χ3v) is 4.90. The molecule has 1 aromatic heterocycles. The molecular formula is C18H32N4S. The topological polar surface area (TPSA) is 40.5 Å². The van der Waals surface area contributed by atoms with Gasteiger partial charge in [0.05, 0.1) is 10.7 Å². The highest BCUT2D eigenvalue weighted by atomic mass is 32.1. The minimum Gasteiger partial charge on any atom is -0.356 e. The van der Waals surface area contributed by atoms with Gasteiger partial charge in [-0.25, -0.2) is 4.98 Å². The molecule has 1 rings (SSSR count). The lowest BCUT2D eigenvalue weighted by atomic mass is 10.2. The van der Waals surface area contributed by atoms with Gasteiger partial charge in [-0.3, -0.25) is 4.99 Å². The zero-order chi connectivity index (χ0) is 17.1. The Morgan fingerprint density at radius 3 is 2.83 bits per heavy atom. The van der Waals surface area contributed by atoms with Crippen molar-refractivity contribution in [1.82, 2.24) is 15.2 Å². The zero-order valence-corrected chi connectivity index (χ0v) is 16.0. The van der Waals surface area contributed by atoms with Gasteiger partial charge in [0, 0.05) is 44.9 Å². The van der Waals surface area contributed by atoms with E-state index < -0.39 is 0 Å². The summed E-state index contributed by atoms with van der Waals surface area (Å²) in [4.78, 5) is 11.2. The van der Waals surface area contributed by atoms with Crippen LogP contribution >= 0.6 is 11.3 Å². The largest absolute Gasteiger partial charge is 0.356 e. The molecule has 4 nitrogen and oxygen atoms in total. The average Bonchev–Trinajstić information content (AvgIpc) is 3.00. The Labute approximate surface area is 145 Å². The standard InChI is InChI=1S/C18H32N4S/c1-6-7-8-9-10-13-22(5)18(19-4)20-12-11-16-14-23-17(21-16)15(2)3/h6,14-15H,1,7-13H2,2-5H3,(H,19,20). The Morgan fingerprint density at radius 2 is 2.22 bits per heavy atom. The van der Waals surface area contributed by atoms with Crippen molar-refractivity contribution in [3.63, 3.8) is 0 Å². The maximum absolute atomic E-state index is 4.67. The maximum Gasteiger partial charge on any atom is 0.193 e. The molecule has 0 spiro atoms. The SMILES string of the molecule is C=CCCCCCN(C)C(=NC)NCCc1csc(C(C)C)n1. The van der Waals surface area contributed by atoms with Crippen LogP contribution in [0.2, 0.25) is 0 Å². The Hall–Kier alpha value is -1.36. The number of allylic oxidation sites excluding steroid dienone is 1. The summed E-state index contributed by atoms with van der Waals surface area (Å²) < 4.78 is 0. The van der Waals surface area contributed by atoms with Gasteiger partial charge in [0.2, 0.25) is 0 Å². The number of guanidine groups is 1. The molecule has 1 N–H and O–H groups in total. The first-order chi connectivity index (χ1) is 11.1. The molecule has 0 aromatic carbocycles. The predicted octanol–water partition coefficient (Wildman–Crippen LogP) is 4.06. The first kappa shape index (κ1) is 19.7. The molecule has 0 fully saturated rings. The Balaban J connectivity index is 2.28. The molecule has 130 valence electrons. The molecule has 5 heteroatoms. The molecule has 23 heavy (non-hydrogen) atoms. The van der Waals surface area contributed by atoms with Crippen LogP contribution in [0.5, 0.6) is 0 Å². The molecule has 0 amide bonds. The fraction of sp³-hybridized carbons (Fsp3) is 0.667. The molecule has 0 saturated carbocycles. The summed E-state index contributed by atoms with van der Waals surface area (Å²) in [7, 11) is 3.94. The number of hydrogen-bond donors (Lipinski definition) is 1. The summed E-state index contributed by atoms with van der Waals surface area (Å²) in [5, 5.41) is 6.83. The molecule has 0 radical (unpaired) electrons. The number of hydrogen-bond acceptors (Lipinski definition) is 3. The molecular weight excluding hydrogens is 304 g/mol. The van der Waals surface area contributed by atoms with Gasteiger partial charge in [0.25, 0.3) is 0 Å². The lowest BCUT2D eigenvalue weighted by molar-refractivity contribution is 0.455. The van der Waals surface area contributed by atoms with Crippen molar-refractivity contribution in [1.29, 1.82) is 0 Å². The normalized spacial score (nSPS) is 11.8. The molecule has 0 unspecified atom stereocenters. The summed E-state index contributed by atoms with van der Waals surface area (Å²) in [5.74, 6) is 1.48. The molecule has 0 aliphatic carbocycles. The van der Waals surface area contributed by atoms with E-state index in [-0.39, 0.29) is 0 Å². The van der Waals surface area contributed by atoms with Crippen molar-refractivity contribution >= 4 is 17.3 Å². The van der Waals surface area contributed by atoms with Gasteiger partial charge < -0.3 is 10.2 Å². The van der Waals surface area contributed by atoms with Gasteiger partial charge in [-0.1, -0.05) is 26.3 Å². The number of aliphatic imine (C=N–C) groups is 1. The molecule has 1 aromatic rings. The van der Waals surface area contributed by atoms with E-state index in [0.717, 1.165) is 31.9 Å². The monoisotopic (exact) mass is 336 g/mol. The second-order valence-electron chi connectivity index (χ2n) is 6.12. The van der Waals surface area contributed by atoms with Crippen LogP contribution in [0.3, 0.4) is 0 Å². The second-order valence-corrected chi connectivity index (χ2v) is 7.01. The second kappa shape index (κ2) is 11.2. The van der Waals surface area contributed by atoms with E-state index >= 15 is 0 Å². The fourth-order valence-electron chi connectivity index (χ4n) is 2.31. The Bertz CT molecular complexity index is 479. The number of unbranched alkanes of at least 4 members (excludes halogenated alkanes) is 3. The summed E-state index contributed by atoms with van der Waals surface area (Å²) in [6, 6.07) is 0. The summed E-state index contributed by atoms with van der Waals surface area (Å²) >= 11 is 1.76. The first-order valence-electron chi connectivity index (χ1n) is 8.55. The van der Waals surface area contributed by atoms with Crippen LogP contribution in [0, 0.1) is 0 Å². The van der Waals surface area contributed by atoms with Gasteiger partial charge in [0.1, 0.15) is 0 Å². The van der Waals surface area contributed by atoms with Crippen LogP contribution < -0.4 is 5.32 Å². The molecule has 0 atom stereocenters. The predicted molar refractivity (Wildman–Crippen MR) is 103 cm³/mol. The fourth-order valence-corrected chi connectivity index (χ4v) is 3.18. The van der Waals surface area contributed by atoms with E-state index in [1.807, 2.05) is 13.1 Å². The lowest BCUT2D eigenvalue weighted by Crippen LogP contribution is -2.40. The van der Waals surface area contributed by atoms with E-state index in [0.29, 0.717) is 5.92 Å². The van der Waals surface area contributed by atoms with Crippen molar-refractivity contribution < 1.29 is 0 Å². The molecule has 0 aliphatic rings. The van der Waals surface area contributed by atoms with Crippen LogP contribution in [-0.4, -0.2) is 43.0 Å². The van der Waals surface area contributed by atoms with E-state index in [4.69, 9.17) is 0 Å². The smallest absolute Gasteiger partial charge is 0.193 e. The number of thiazole rings is 1. The highest BCUT2D eigenvalue weighted by Crippen LogP contribution is 2.19. The van der Waals surface area contributed by atoms with Crippen LogP contribution in [0.4, 0.5) is 0 Å². The number of nitrogens with zero attached hydrogens (tertiary/aromatic N) is 3. The van der Waals surface area contributed by atoms with Gasteiger partial charge in [-0.2, -0.15) is 0 Å². The maximum atomic E-state index is 4.67. The number of nitrogens with one attached hydrogen (secondary N) is 1. The molecule has 0 aliphatic heterocycles. The van der Waals surface area contributed by atoms with Crippen molar-refractivity contribution in [3.8, 4) is 0 Å². The zero-order valence-electron chi connectivity index (χ0n) is 15.1. The van der Waals surface area contributed by atoms with E-state index in [2.05, 4.69) is 53.0 Å². The van der Waals surface area contributed by atoms with Gasteiger partial charge >= 0.3 is 0 Å². The van der Waals surface area contributed by atoms with Crippen LogP contribution in [0.1, 0.15) is 56.2 Å². The molecule has 1 heterocycles. The number of rotatable bonds is 10. The average molecular weight is 337 g/mol. The Morgan fingerprint density at radius 1 is 1.43 bits per heavy atom. The quantitative estimate of drug-likeness (QED) is 0.303. The summed E-state index contributed by atoms with van der Waals surface area (Å²) in [6.45, 7) is 10.0. The van der Waals surface area contributed by atoms with Crippen molar-refractivity contribution in [2.24, 2.45) is 4.99 Å². The van der Waals surface area contributed by atoms with Gasteiger partial charge in [-0.15, -0.1) is 17.9 Å². The van der Waals surface area contributed by atoms with Crippen LogP contribution in [0.25, 0.3) is 0 Å². The Kier molecular flexibility index (Phi) is 9.60. The van der Waals surface area contributed by atoms with Gasteiger partial charge in [-0.05, 0) is 19.3 Å². The lowest BCUT2D eigenvalue weighted by Gasteiger charge is -2.21. The van der Waals surface area contributed by atoms with E-state index in [1.165, 1.54) is 30.0 Å². The van der Waals surface area contributed by atoms with Crippen LogP contribution in [-0.2, 0) is 6.42 Å². The minimum absolute atomic E-state index is 0.515. The highest BCUT2D eigenvalue weighted by Gasteiger charge is 2.07. The summed E-state index contributed by atoms with van der Waals surface area (Å²) in [6.07, 6.45) is 7.70. The third kappa shape index (κ3) is 7.64. The molecule has 0 saturated heterocycles. The first-order valence-corrected chi connectivity index (χ1v) is 9.43. The van der Waals surface area contributed by atoms with Crippen molar-refractivity contribution in [2.75, 3.05) is 27.2 Å². The van der Waals surface area contributed by atoms with Crippen molar-refractivity contribution in [3.05, 3.63) is 28.7 Å². The number of aromatic nitrogens is 1. The summed E-state index contributed by atoms with van der Waals surface area (Å²) in [5.41, 5.74) is 1.17. The third-order valence-electron chi connectivity index (χ3n) is 3.70. The minimum atomic E-state index is 0.515. The van der Waals surface area contributed by atoms with Crippen LogP contribution in [0.15, 0.2) is 23.0 Å². The van der Waals surface area contributed by atoms with E-state index in [9.17, 15) is 0 Å². The van der Waals surface area contributed by atoms with Gasteiger partial charge in [0.15, 0.2) is 5.96 Å². The van der Waals surface area contributed by atoms with Crippen molar-refractivity contribution in [2.45, 2.75) is 51.9 Å². The highest BCUT2D eigenvalue weighted by molar-refractivity contribution is 7.09.